The van der Waals surface area contributed by atoms with E-state index < -0.39 is 0 Å². The molecular formula is C20H31N3O3. The number of ether oxygens (including phenoxy) is 2. The van der Waals surface area contributed by atoms with Gasteiger partial charge < -0.3 is 25.4 Å². The van der Waals surface area contributed by atoms with Crippen molar-refractivity contribution in [2.24, 2.45) is 11.7 Å². The summed E-state index contributed by atoms with van der Waals surface area (Å²) in [5.74, 6) is 1.58. The molecule has 1 saturated carbocycles. The zero-order chi connectivity index (χ0) is 18.7. The van der Waals surface area contributed by atoms with Gasteiger partial charge in [-0.1, -0.05) is 12.8 Å². The van der Waals surface area contributed by atoms with Gasteiger partial charge in [0.15, 0.2) is 0 Å². The van der Waals surface area contributed by atoms with E-state index in [1.807, 2.05) is 25.1 Å². The molecule has 1 aromatic carbocycles. The molecule has 2 fully saturated rings. The predicted octanol–water partition coefficient (Wildman–Crippen LogP) is 2.31. The molecule has 2 aliphatic rings. The Hall–Kier alpha value is -1.95. The van der Waals surface area contributed by atoms with Crippen LogP contribution in [0.1, 0.15) is 39.0 Å². The molecule has 1 heterocycles. The largest absolute Gasteiger partial charge is 0.497 e. The minimum Gasteiger partial charge on any atom is -0.497 e. The van der Waals surface area contributed by atoms with Crippen LogP contribution in [0.25, 0.3) is 0 Å². The highest BCUT2D eigenvalue weighted by atomic mass is 16.5. The first-order chi connectivity index (χ1) is 12.4. The van der Waals surface area contributed by atoms with Gasteiger partial charge in [-0.25, -0.2) is 0 Å². The Morgan fingerprint density at radius 1 is 1.19 bits per heavy atom. The summed E-state index contributed by atoms with van der Waals surface area (Å²) in [4.78, 5) is 15.0. The number of anilines is 1. The zero-order valence-electron chi connectivity index (χ0n) is 16.1. The lowest BCUT2D eigenvalue weighted by atomic mass is 9.74. The molecule has 0 aromatic heterocycles. The van der Waals surface area contributed by atoms with Gasteiger partial charge in [-0.2, -0.15) is 0 Å². The second kappa shape index (κ2) is 7.74. The highest BCUT2D eigenvalue weighted by Crippen LogP contribution is 2.33. The van der Waals surface area contributed by atoms with E-state index in [2.05, 4.69) is 10.2 Å². The third kappa shape index (κ3) is 4.06. The Morgan fingerprint density at radius 2 is 1.88 bits per heavy atom. The fourth-order valence-corrected chi connectivity index (χ4v) is 4.18. The SMILES string of the molecule is COc1cc(OC)cc(N2CCC(NC(=O)C3CCCCC3(C)N)C2)c1. The predicted molar refractivity (Wildman–Crippen MR) is 103 cm³/mol. The number of nitrogens with one attached hydrogen (secondary N) is 1. The van der Waals surface area contributed by atoms with Crippen LogP contribution in [0.3, 0.4) is 0 Å². The molecule has 1 aliphatic heterocycles. The summed E-state index contributed by atoms with van der Waals surface area (Å²) in [6, 6.07) is 6.02. The zero-order valence-corrected chi connectivity index (χ0v) is 16.1. The molecule has 3 N–H and O–H groups in total. The lowest BCUT2D eigenvalue weighted by molar-refractivity contribution is -0.128. The van der Waals surface area contributed by atoms with Crippen LogP contribution in [0.15, 0.2) is 18.2 Å². The van der Waals surface area contributed by atoms with Crippen LogP contribution in [0.5, 0.6) is 11.5 Å². The maximum atomic E-state index is 12.8. The maximum Gasteiger partial charge on any atom is 0.225 e. The van der Waals surface area contributed by atoms with E-state index in [0.29, 0.717) is 0 Å². The molecule has 1 aliphatic carbocycles. The number of hydrogen-bond donors (Lipinski definition) is 2. The number of methoxy groups -OCH3 is 2. The van der Waals surface area contributed by atoms with E-state index in [1.165, 1.54) is 0 Å². The molecule has 1 saturated heterocycles. The Morgan fingerprint density at radius 3 is 2.50 bits per heavy atom. The number of benzene rings is 1. The summed E-state index contributed by atoms with van der Waals surface area (Å²) in [7, 11) is 3.30. The van der Waals surface area contributed by atoms with Crippen LogP contribution in [0.4, 0.5) is 5.69 Å². The number of hydrogen-bond acceptors (Lipinski definition) is 5. The van der Waals surface area contributed by atoms with E-state index in [-0.39, 0.29) is 23.4 Å². The normalized spacial score (nSPS) is 28.7. The first-order valence-electron chi connectivity index (χ1n) is 9.50. The van der Waals surface area contributed by atoms with Crippen molar-refractivity contribution < 1.29 is 14.3 Å². The van der Waals surface area contributed by atoms with Gasteiger partial charge in [-0.15, -0.1) is 0 Å². The minimum atomic E-state index is -0.388. The molecule has 1 aromatic rings. The number of amides is 1. The van der Waals surface area contributed by atoms with Crippen LogP contribution in [0.2, 0.25) is 0 Å². The Kier molecular flexibility index (Phi) is 5.61. The summed E-state index contributed by atoms with van der Waals surface area (Å²) in [5.41, 5.74) is 7.05. The summed E-state index contributed by atoms with van der Waals surface area (Å²) in [5, 5.41) is 3.24. The summed E-state index contributed by atoms with van der Waals surface area (Å²) < 4.78 is 10.7. The van der Waals surface area contributed by atoms with Crippen molar-refractivity contribution in [2.75, 3.05) is 32.2 Å². The van der Waals surface area contributed by atoms with Crippen molar-refractivity contribution in [1.29, 1.82) is 0 Å². The average molecular weight is 361 g/mol. The molecular weight excluding hydrogens is 330 g/mol. The van der Waals surface area contributed by atoms with Gasteiger partial charge in [0.1, 0.15) is 11.5 Å². The quantitative estimate of drug-likeness (QED) is 0.842. The molecule has 0 radical (unpaired) electrons. The van der Waals surface area contributed by atoms with E-state index in [9.17, 15) is 4.79 Å². The van der Waals surface area contributed by atoms with Gasteiger partial charge in [0.25, 0.3) is 0 Å². The Bertz CT molecular complexity index is 625. The molecule has 6 heteroatoms. The standard InChI is InChI=1S/C20H31N3O3/c1-20(21)8-5-4-6-18(20)19(24)22-14-7-9-23(13-14)15-10-16(25-2)12-17(11-15)26-3/h10-12,14,18H,4-9,13,21H2,1-3H3,(H,22,24). The molecule has 3 atom stereocenters. The topological polar surface area (TPSA) is 76.8 Å². The smallest absolute Gasteiger partial charge is 0.225 e. The van der Waals surface area contributed by atoms with E-state index >= 15 is 0 Å². The molecule has 3 rings (SSSR count). The number of carbonyl (C=O) groups excluding carboxylic acids is 1. The van der Waals surface area contributed by atoms with E-state index in [4.69, 9.17) is 15.2 Å². The second-order valence-electron chi connectivity index (χ2n) is 7.82. The van der Waals surface area contributed by atoms with Crippen LogP contribution in [0, 0.1) is 5.92 Å². The van der Waals surface area contributed by atoms with Crippen molar-refractivity contribution in [3.05, 3.63) is 18.2 Å². The van der Waals surface area contributed by atoms with Gasteiger partial charge in [-0.3, -0.25) is 4.79 Å². The maximum absolute atomic E-state index is 12.8. The van der Waals surface area contributed by atoms with Gasteiger partial charge >= 0.3 is 0 Å². The first kappa shape index (κ1) is 18.8. The number of carbonyl (C=O) groups is 1. The molecule has 0 bridgehead atoms. The number of rotatable bonds is 5. The highest BCUT2D eigenvalue weighted by molar-refractivity contribution is 5.80. The van der Waals surface area contributed by atoms with E-state index in [1.54, 1.807) is 14.2 Å². The van der Waals surface area contributed by atoms with Crippen molar-refractivity contribution >= 4 is 11.6 Å². The van der Waals surface area contributed by atoms with Crippen LogP contribution >= 0.6 is 0 Å². The van der Waals surface area contributed by atoms with Crippen molar-refractivity contribution in [1.82, 2.24) is 5.32 Å². The molecule has 6 nitrogen and oxygen atoms in total. The molecule has 3 unspecified atom stereocenters. The lowest BCUT2D eigenvalue weighted by Gasteiger charge is -2.37. The van der Waals surface area contributed by atoms with Gasteiger partial charge in [0.05, 0.1) is 20.1 Å². The Balaban J connectivity index is 1.63. The third-order valence-electron chi connectivity index (χ3n) is 5.81. The summed E-state index contributed by atoms with van der Waals surface area (Å²) in [6.45, 7) is 3.70. The molecule has 1 amide bonds. The fourth-order valence-electron chi connectivity index (χ4n) is 4.18. The van der Waals surface area contributed by atoms with Crippen molar-refractivity contribution in [2.45, 2.75) is 50.6 Å². The first-order valence-corrected chi connectivity index (χ1v) is 9.50. The van der Waals surface area contributed by atoms with E-state index in [0.717, 1.165) is 62.4 Å². The molecule has 0 spiro atoms. The summed E-state index contributed by atoms with van der Waals surface area (Å²) >= 11 is 0. The van der Waals surface area contributed by atoms with Crippen LogP contribution < -0.4 is 25.4 Å². The monoisotopic (exact) mass is 361 g/mol. The molecule has 144 valence electrons. The van der Waals surface area contributed by atoms with Gasteiger partial charge in [0, 0.05) is 48.6 Å². The Labute approximate surface area is 156 Å². The third-order valence-corrected chi connectivity index (χ3v) is 5.81. The van der Waals surface area contributed by atoms with Crippen LogP contribution in [-0.4, -0.2) is 44.8 Å². The summed E-state index contributed by atoms with van der Waals surface area (Å²) in [6.07, 6.45) is 4.95. The van der Waals surface area contributed by atoms with Gasteiger partial charge in [-0.05, 0) is 26.2 Å². The highest BCUT2D eigenvalue weighted by Gasteiger charge is 2.39. The molecule has 26 heavy (non-hydrogen) atoms. The van der Waals surface area contributed by atoms with Crippen molar-refractivity contribution in [3.8, 4) is 11.5 Å². The fraction of sp³-hybridized carbons (Fsp3) is 0.650. The minimum absolute atomic E-state index is 0.0813. The number of nitrogens with two attached hydrogens (primary N) is 1. The lowest BCUT2D eigenvalue weighted by Crippen LogP contribution is -2.54. The van der Waals surface area contributed by atoms with Crippen LogP contribution in [-0.2, 0) is 4.79 Å². The average Bonchev–Trinajstić information content (AvgIpc) is 3.09. The van der Waals surface area contributed by atoms with Gasteiger partial charge in [0.2, 0.25) is 5.91 Å². The number of nitrogens with zero attached hydrogens (tertiary/aromatic N) is 1. The second-order valence-corrected chi connectivity index (χ2v) is 7.82. The van der Waals surface area contributed by atoms with Crippen molar-refractivity contribution in [3.63, 3.8) is 0 Å².